The SMILES string of the molecule is COCC(N)c1ccc(C)cc1N. The molecule has 0 amide bonds. The third-order valence-electron chi connectivity index (χ3n) is 1.99. The lowest BCUT2D eigenvalue weighted by molar-refractivity contribution is 0.181. The van der Waals surface area contributed by atoms with Crippen LogP contribution < -0.4 is 11.5 Å². The van der Waals surface area contributed by atoms with Crippen molar-refractivity contribution >= 4 is 5.69 Å². The van der Waals surface area contributed by atoms with Crippen LogP contribution in [0.1, 0.15) is 17.2 Å². The van der Waals surface area contributed by atoms with Crippen LogP contribution in [0.2, 0.25) is 0 Å². The molecule has 0 heterocycles. The van der Waals surface area contributed by atoms with E-state index in [1.807, 2.05) is 25.1 Å². The Morgan fingerprint density at radius 1 is 1.46 bits per heavy atom. The number of nitrogen functional groups attached to an aromatic ring is 1. The molecule has 0 aliphatic carbocycles. The topological polar surface area (TPSA) is 61.3 Å². The van der Waals surface area contributed by atoms with E-state index in [0.29, 0.717) is 6.61 Å². The molecule has 0 radical (unpaired) electrons. The van der Waals surface area contributed by atoms with Gasteiger partial charge in [0.2, 0.25) is 0 Å². The summed E-state index contributed by atoms with van der Waals surface area (Å²) in [5.41, 5.74) is 14.5. The Morgan fingerprint density at radius 3 is 2.69 bits per heavy atom. The molecule has 1 unspecified atom stereocenters. The van der Waals surface area contributed by atoms with Gasteiger partial charge < -0.3 is 16.2 Å². The molecule has 3 nitrogen and oxygen atoms in total. The van der Waals surface area contributed by atoms with E-state index in [0.717, 1.165) is 16.8 Å². The van der Waals surface area contributed by atoms with E-state index in [1.54, 1.807) is 7.11 Å². The maximum absolute atomic E-state index is 5.85. The zero-order valence-electron chi connectivity index (χ0n) is 8.08. The Balaban J connectivity index is 2.88. The van der Waals surface area contributed by atoms with Crippen molar-refractivity contribution in [3.05, 3.63) is 29.3 Å². The van der Waals surface area contributed by atoms with E-state index in [4.69, 9.17) is 16.2 Å². The van der Waals surface area contributed by atoms with Gasteiger partial charge in [-0.1, -0.05) is 12.1 Å². The standard InChI is InChI=1S/C10H16N2O/c1-7-3-4-8(9(11)5-7)10(12)6-13-2/h3-5,10H,6,11-12H2,1-2H3. The minimum atomic E-state index is -0.134. The molecule has 0 spiro atoms. The van der Waals surface area contributed by atoms with Gasteiger partial charge in [-0.05, 0) is 24.1 Å². The number of hydrogen-bond donors (Lipinski definition) is 2. The number of ether oxygens (including phenoxy) is 1. The second-order valence-electron chi connectivity index (χ2n) is 3.19. The molecule has 1 atom stereocenters. The van der Waals surface area contributed by atoms with Crippen molar-refractivity contribution in [3.63, 3.8) is 0 Å². The molecule has 1 rings (SSSR count). The largest absolute Gasteiger partial charge is 0.398 e. The van der Waals surface area contributed by atoms with Crippen LogP contribution in [0, 0.1) is 6.92 Å². The third kappa shape index (κ3) is 2.44. The van der Waals surface area contributed by atoms with Crippen molar-refractivity contribution in [1.82, 2.24) is 0 Å². The van der Waals surface area contributed by atoms with Crippen molar-refractivity contribution in [2.75, 3.05) is 19.5 Å². The van der Waals surface area contributed by atoms with Gasteiger partial charge in [-0.2, -0.15) is 0 Å². The van der Waals surface area contributed by atoms with Gasteiger partial charge in [0.1, 0.15) is 0 Å². The normalized spacial score (nSPS) is 12.8. The number of methoxy groups -OCH3 is 1. The van der Waals surface area contributed by atoms with Gasteiger partial charge in [-0.15, -0.1) is 0 Å². The van der Waals surface area contributed by atoms with Crippen molar-refractivity contribution in [3.8, 4) is 0 Å². The number of nitrogens with two attached hydrogens (primary N) is 2. The Labute approximate surface area is 78.7 Å². The summed E-state index contributed by atoms with van der Waals surface area (Å²) in [7, 11) is 1.63. The van der Waals surface area contributed by atoms with E-state index in [-0.39, 0.29) is 6.04 Å². The summed E-state index contributed by atoms with van der Waals surface area (Å²) in [5, 5.41) is 0. The number of anilines is 1. The van der Waals surface area contributed by atoms with Gasteiger partial charge in [0.05, 0.1) is 12.6 Å². The lowest BCUT2D eigenvalue weighted by Gasteiger charge is -2.13. The minimum Gasteiger partial charge on any atom is -0.398 e. The van der Waals surface area contributed by atoms with Crippen LogP contribution in [-0.4, -0.2) is 13.7 Å². The number of aryl methyl sites for hydroxylation is 1. The molecule has 4 N–H and O–H groups in total. The first kappa shape index (κ1) is 10.0. The van der Waals surface area contributed by atoms with E-state index in [1.165, 1.54) is 0 Å². The monoisotopic (exact) mass is 180 g/mol. The second-order valence-corrected chi connectivity index (χ2v) is 3.19. The van der Waals surface area contributed by atoms with E-state index < -0.39 is 0 Å². The third-order valence-corrected chi connectivity index (χ3v) is 1.99. The molecule has 0 saturated carbocycles. The quantitative estimate of drug-likeness (QED) is 0.687. The molecular formula is C10H16N2O. The van der Waals surface area contributed by atoms with Crippen molar-refractivity contribution in [2.45, 2.75) is 13.0 Å². The second kappa shape index (κ2) is 4.25. The van der Waals surface area contributed by atoms with Crippen LogP contribution in [0.15, 0.2) is 18.2 Å². The number of rotatable bonds is 3. The highest BCUT2D eigenvalue weighted by Crippen LogP contribution is 2.19. The Bertz CT molecular complexity index is 286. The first-order valence-electron chi connectivity index (χ1n) is 4.25. The van der Waals surface area contributed by atoms with Crippen LogP contribution in [0.25, 0.3) is 0 Å². The van der Waals surface area contributed by atoms with Gasteiger partial charge in [0.15, 0.2) is 0 Å². The lowest BCUT2D eigenvalue weighted by Crippen LogP contribution is -2.17. The molecule has 0 aliphatic heterocycles. The molecule has 72 valence electrons. The summed E-state index contributed by atoms with van der Waals surface area (Å²) >= 11 is 0. The maximum atomic E-state index is 5.85. The Kier molecular flexibility index (Phi) is 3.28. The predicted octanol–water partition coefficient (Wildman–Crippen LogP) is 1.22. The summed E-state index contributed by atoms with van der Waals surface area (Å²) < 4.78 is 4.96. The van der Waals surface area contributed by atoms with Crippen molar-refractivity contribution in [1.29, 1.82) is 0 Å². The average molecular weight is 180 g/mol. The van der Waals surface area contributed by atoms with Crippen LogP contribution >= 0.6 is 0 Å². The molecule has 0 saturated heterocycles. The predicted molar refractivity (Wildman–Crippen MR) is 54.4 cm³/mol. The highest BCUT2D eigenvalue weighted by atomic mass is 16.5. The highest BCUT2D eigenvalue weighted by molar-refractivity contribution is 5.50. The first-order chi connectivity index (χ1) is 6.15. The molecule has 0 fully saturated rings. The van der Waals surface area contributed by atoms with Crippen LogP contribution in [0.4, 0.5) is 5.69 Å². The van der Waals surface area contributed by atoms with Gasteiger partial charge >= 0.3 is 0 Å². The lowest BCUT2D eigenvalue weighted by atomic mass is 10.0. The van der Waals surface area contributed by atoms with Gasteiger partial charge in [0, 0.05) is 12.8 Å². The van der Waals surface area contributed by atoms with Crippen LogP contribution in [-0.2, 0) is 4.74 Å². The molecule has 1 aromatic rings. The smallest absolute Gasteiger partial charge is 0.0656 e. The molecule has 1 aromatic carbocycles. The van der Waals surface area contributed by atoms with E-state index in [9.17, 15) is 0 Å². The number of benzene rings is 1. The Morgan fingerprint density at radius 2 is 2.15 bits per heavy atom. The van der Waals surface area contributed by atoms with E-state index >= 15 is 0 Å². The summed E-state index contributed by atoms with van der Waals surface area (Å²) in [5.74, 6) is 0. The van der Waals surface area contributed by atoms with Gasteiger partial charge in [-0.3, -0.25) is 0 Å². The number of hydrogen-bond acceptors (Lipinski definition) is 3. The zero-order chi connectivity index (χ0) is 9.84. The van der Waals surface area contributed by atoms with Crippen LogP contribution in [0.5, 0.6) is 0 Å². The van der Waals surface area contributed by atoms with Crippen molar-refractivity contribution < 1.29 is 4.74 Å². The fourth-order valence-electron chi connectivity index (χ4n) is 1.30. The molecular weight excluding hydrogens is 164 g/mol. The zero-order valence-corrected chi connectivity index (χ0v) is 8.08. The first-order valence-corrected chi connectivity index (χ1v) is 4.25. The maximum Gasteiger partial charge on any atom is 0.0656 e. The summed E-state index contributed by atoms with van der Waals surface area (Å²) in [4.78, 5) is 0. The van der Waals surface area contributed by atoms with Crippen molar-refractivity contribution in [2.24, 2.45) is 5.73 Å². The van der Waals surface area contributed by atoms with Crippen LogP contribution in [0.3, 0.4) is 0 Å². The fraction of sp³-hybridized carbons (Fsp3) is 0.400. The minimum absolute atomic E-state index is 0.134. The Hall–Kier alpha value is -1.06. The molecule has 0 aromatic heterocycles. The molecule has 0 bridgehead atoms. The van der Waals surface area contributed by atoms with Gasteiger partial charge in [0.25, 0.3) is 0 Å². The molecule has 13 heavy (non-hydrogen) atoms. The molecule has 3 heteroatoms. The molecule has 0 aliphatic rings. The van der Waals surface area contributed by atoms with Gasteiger partial charge in [-0.25, -0.2) is 0 Å². The van der Waals surface area contributed by atoms with E-state index in [2.05, 4.69) is 0 Å². The fourth-order valence-corrected chi connectivity index (χ4v) is 1.30. The summed E-state index contributed by atoms with van der Waals surface area (Å²) in [6.45, 7) is 2.50. The summed E-state index contributed by atoms with van der Waals surface area (Å²) in [6, 6.07) is 5.74. The summed E-state index contributed by atoms with van der Waals surface area (Å²) in [6.07, 6.45) is 0. The highest BCUT2D eigenvalue weighted by Gasteiger charge is 2.08. The average Bonchev–Trinajstić information content (AvgIpc) is 2.04.